The molecular weight excluding hydrogens is 410 g/mol. The minimum atomic E-state index is -0.708. The van der Waals surface area contributed by atoms with Crippen LogP contribution in [-0.4, -0.2) is 44.0 Å². The molecule has 160 valence electrons. The smallest absolute Gasteiger partial charge is 0.416 e. The van der Waals surface area contributed by atoms with Crippen molar-refractivity contribution in [2.24, 2.45) is 5.73 Å². The van der Waals surface area contributed by atoms with E-state index in [1.807, 2.05) is 0 Å². The van der Waals surface area contributed by atoms with Crippen LogP contribution in [0.2, 0.25) is 5.15 Å². The Bertz CT molecular complexity index is 1050. The summed E-state index contributed by atoms with van der Waals surface area (Å²) in [5, 5.41) is 4.47. The van der Waals surface area contributed by atoms with Crippen LogP contribution in [0.25, 0.3) is 11.7 Å². The summed E-state index contributed by atoms with van der Waals surface area (Å²) in [5.41, 5.74) is 5.64. The topological polar surface area (TPSA) is 120 Å². The number of carbonyl (C=O) groups is 3. The third kappa shape index (κ3) is 4.96. The van der Waals surface area contributed by atoms with Crippen molar-refractivity contribution in [1.82, 2.24) is 14.6 Å². The summed E-state index contributed by atoms with van der Waals surface area (Å²) in [6, 6.07) is 1.52. The Labute approximate surface area is 178 Å². The number of Topliss-reactive ketones (excluding diaryl/α,β-unsaturated/α-hetero) is 1. The zero-order chi connectivity index (χ0) is 22.2. The van der Waals surface area contributed by atoms with E-state index in [2.05, 4.69) is 10.1 Å². The molecule has 2 aromatic rings. The van der Waals surface area contributed by atoms with Crippen LogP contribution < -0.4 is 10.6 Å². The van der Waals surface area contributed by atoms with Crippen LogP contribution in [0.5, 0.6) is 0 Å². The van der Waals surface area contributed by atoms with Gasteiger partial charge >= 0.3 is 6.09 Å². The molecule has 0 aliphatic heterocycles. The molecule has 3 rings (SSSR count). The summed E-state index contributed by atoms with van der Waals surface area (Å²) < 4.78 is 7.03. The Morgan fingerprint density at radius 3 is 2.57 bits per heavy atom. The quantitative estimate of drug-likeness (QED) is 0.552. The summed E-state index contributed by atoms with van der Waals surface area (Å²) in [6.45, 7) is 6.75. The first kappa shape index (κ1) is 21.8. The Hall–Kier alpha value is -2.94. The van der Waals surface area contributed by atoms with Gasteiger partial charge in [-0.05, 0) is 46.6 Å². The summed E-state index contributed by atoms with van der Waals surface area (Å²) in [6.07, 6.45) is 4.00. The SMILES string of the molecule is CC(=O)C/C(=C\c1cnn2c(N(C(=O)OC(C)(C)C)C3CC3)cc(Cl)nc12)C(N)=O. The van der Waals surface area contributed by atoms with Crippen LogP contribution in [-0.2, 0) is 14.3 Å². The molecule has 0 saturated heterocycles. The number of nitrogens with two attached hydrogens (primary N) is 1. The van der Waals surface area contributed by atoms with Gasteiger partial charge in [-0.1, -0.05) is 11.6 Å². The van der Waals surface area contributed by atoms with Gasteiger partial charge in [-0.25, -0.2) is 9.78 Å². The molecule has 0 bridgehead atoms. The molecule has 2 aromatic heterocycles. The lowest BCUT2D eigenvalue weighted by Crippen LogP contribution is -2.39. The molecule has 1 aliphatic carbocycles. The first-order valence-corrected chi connectivity index (χ1v) is 9.90. The monoisotopic (exact) mass is 433 g/mol. The number of anilines is 1. The number of fused-ring (bicyclic) bond motifs is 1. The van der Waals surface area contributed by atoms with Crippen molar-refractivity contribution in [2.45, 2.75) is 58.6 Å². The molecule has 1 aliphatic rings. The Kier molecular flexibility index (Phi) is 5.85. The predicted octanol–water partition coefficient (Wildman–Crippen LogP) is 3.13. The van der Waals surface area contributed by atoms with E-state index in [1.54, 1.807) is 26.8 Å². The first-order chi connectivity index (χ1) is 14.0. The Morgan fingerprint density at radius 1 is 1.37 bits per heavy atom. The van der Waals surface area contributed by atoms with Crippen molar-refractivity contribution in [2.75, 3.05) is 4.90 Å². The van der Waals surface area contributed by atoms with E-state index in [9.17, 15) is 14.4 Å². The molecule has 9 nitrogen and oxygen atoms in total. The van der Waals surface area contributed by atoms with Crippen molar-refractivity contribution < 1.29 is 19.1 Å². The van der Waals surface area contributed by atoms with Gasteiger partial charge in [0, 0.05) is 29.7 Å². The van der Waals surface area contributed by atoms with E-state index >= 15 is 0 Å². The summed E-state index contributed by atoms with van der Waals surface area (Å²) in [7, 11) is 0. The van der Waals surface area contributed by atoms with Gasteiger partial charge in [0.15, 0.2) is 5.65 Å². The maximum Gasteiger partial charge on any atom is 0.416 e. The van der Waals surface area contributed by atoms with Gasteiger partial charge < -0.3 is 10.5 Å². The molecule has 0 spiro atoms. The largest absolute Gasteiger partial charge is 0.443 e. The molecule has 0 radical (unpaired) electrons. The van der Waals surface area contributed by atoms with Crippen molar-refractivity contribution in [3.63, 3.8) is 0 Å². The number of ketones is 1. The molecule has 2 heterocycles. The van der Waals surface area contributed by atoms with Crippen LogP contribution in [0.15, 0.2) is 17.8 Å². The molecule has 30 heavy (non-hydrogen) atoms. The summed E-state index contributed by atoms with van der Waals surface area (Å²) >= 11 is 6.25. The van der Waals surface area contributed by atoms with Gasteiger partial charge in [0.25, 0.3) is 0 Å². The number of hydrogen-bond donors (Lipinski definition) is 1. The van der Waals surface area contributed by atoms with Crippen LogP contribution in [0, 0.1) is 0 Å². The predicted molar refractivity (Wildman–Crippen MR) is 112 cm³/mol. The number of rotatable bonds is 6. The lowest BCUT2D eigenvalue weighted by molar-refractivity contribution is -0.119. The van der Waals surface area contributed by atoms with Crippen molar-refractivity contribution in [1.29, 1.82) is 0 Å². The second kappa shape index (κ2) is 8.06. The molecule has 2 amide bonds. The van der Waals surface area contributed by atoms with Gasteiger partial charge in [-0.15, -0.1) is 0 Å². The minimum absolute atomic E-state index is 0.0244. The average Bonchev–Trinajstić information content (AvgIpc) is 3.33. The summed E-state index contributed by atoms with van der Waals surface area (Å²) in [4.78, 5) is 41.9. The van der Waals surface area contributed by atoms with Crippen LogP contribution in [0.4, 0.5) is 10.6 Å². The number of carbonyl (C=O) groups excluding carboxylic acids is 3. The number of ether oxygens (including phenoxy) is 1. The van der Waals surface area contributed by atoms with E-state index in [1.165, 1.54) is 28.6 Å². The Balaban J connectivity index is 2.10. The van der Waals surface area contributed by atoms with Crippen LogP contribution in [0.3, 0.4) is 0 Å². The van der Waals surface area contributed by atoms with Gasteiger partial charge in [0.1, 0.15) is 22.4 Å². The van der Waals surface area contributed by atoms with Crippen molar-refractivity contribution in [3.05, 3.63) is 28.6 Å². The van der Waals surface area contributed by atoms with Gasteiger partial charge in [-0.2, -0.15) is 9.61 Å². The molecule has 0 unspecified atom stereocenters. The average molecular weight is 434 g/mol. The van der Waals surface area contributed by atoms with E-state index < -0.39 is 17.6 Å². The fourth-order valence-electron chi connectivity index (χ4n) is 2.95. The molecule has 10 heteroatoms. The number of amides is 2. The molecule has 0 aromatic carbocycles. The molecule has 1 saturated carbocycles. The second-order valence-electron chi connectivity index (χ2n) is 8.27. The van der Waals surface area contributed by atoms with Gasteiger partial charge in [0.2, 0.25) is 5.91 Å². The maximum atomic E-state index is 12.9. The number of nitrogens with zero attached hydrogens (tertiary/aromatic N) is 4. The lowest BCUT2D eigenvalue weighted by atomic mass is 10.1. The van der Waals surface area contributed by atoms with Gasteiger partial charge in [-0.3, -0.25) is 14.5 Å². The number of hydrogen-bond acceptors (Lipinski definition) is 6. The van der Waals surface area contributed by atoms with Crippen LogP contribution in [0.1, 0.15) is 52.5 Å². The van der Waals surface area contributed by atoms with E-state index in [0.717, 1.165) is 12.8 Å². The molecule has 1 fully saturated rings. The lowest BCUT2D eigenvalue weighted by Gasteiger charge is -2.27. The van der Waals surface area contributed by atoms with Gasteiger partial charge in [0.05, 0.1) is 6.20 Å². The molecule has 0 atom stereocenters. The van der Waals surface area contributed by atoms with E-state index in [0.29, 0.717) is 17.0 Å². The third-order valence-corrected chi connectivity index (χ3v) is 4.48. The molecular formula is C20H24ClN5O4. The fourth-order valence-corrected chi connectivity index (χ4v) is 3.13. The van der Waals surface area contributed by atoms with Crippen LogP contribution >= 0.6 is 11.6 Å². The number of aromatic nitrogens is 3. The number of primary amides is 1. The summed E-state index contributed by atoms with van der Waals surface area (Å²) in [5.74, 6) is -0.498. The second-order valence-corrected chi connectivity index (χ2v) is 8.65. The highest BCUT2D eigenvalue weighted by Gasteiger charge is 2.38. The van der Waals surface area contributed by atoms with Crippen molar-refractivity contribution in [3.8, 4) is 0 Å². The number of halogens is 1. The Morgan fingerprint density at radius 2 is 2.03 bits per heavy atom. The molecule has 2 N–H and O–H groups in total. The highest BCUT2D eigenvalue weighted by Crippen LogP contribution is 2.34. The first-order valence-electron chi connectivity index (χ1n) is 9.52. The standard InChI is InChI=1S/C20H24ClN5O4/c1-11(27)7-12(17(22)28)8-13-10-23-26-16(9-15(21)24-18(13)26)25(14-5-6-14)19(29)30-20(2,3)4/h8-10,14H,5-7H2,1-4H3,(H2,22,28)/b12-8+. The minimum Gasteiger partial charge on any atom is -0.443 e. The normalized spacial score (nSPS) is 14.6. The van der Waals surface area contributed by atoms with E-state index in [-0.39, 0.29) is 29.0 Å². The highest BCUT2D eigenvalue weighted by atomic mass is 35.5. The highest BCUT2D eigenvalue weighted by molar-refractivity contribution is 6.29. The fraction of sp³-hybridized carbons (Fsp3) is 0.450. The maximum absolute atomic E-state index is 12.9. The van der Waals surface area contributed by atoms with Crippen molar-refractivity contribution >= 4 is 46.9 Å². The zero-order valence-corrected chi connectivity index (χ0v) is 18.1. The zero-order valence-electron chi connectivity index (χ0n) is 17.3. The van der Waals surface area contributed by atoms with E-state index in [4.69, 9.17) is 22.1 Å². The third-order valence-electron chi connectivity index (χ3n) is 4.28.